The number of hydrogen-bond donors (Lipinski definition) is 2. The number of rotatable bonds is 51. The number of likely N-dealkylation sites (tertiary alicyclic amines) is 1. The first-order valence-electron chi connectivity index (χ1n) is 29.8. The van der Waals surface area contributed by atoms with Gasteiger partial charge in [-0.1, -0.05) is 162 Å². The maximum Gasteiger partial charge on any atom is 0.409 e. The molecular weight excluding hydrogens is 961 g/mol. The summed E-state index contributed by atoms with van der Waals surface area (Å²) >= 11 is 0. The lowest BCUT2D eigenvalue weighted by Crippen LogP contribution is -2.34. The quantitative estimate of drug-likeness (QED) is 0.0196. The van der Waals surface area contributed by atoms with Crippen molar-refractivity contribution in [2.45, 2.75) is 257 Å². The summed E-state index contributed by atoms with van der Waals surface area (Å²) in [6.45, 7) is 9.88. The van der Waals surface area contributed by atoms with Gasteiger partial charge in [-0.2, -0.15) is 0 Å². The van der Waals surface area contributed by atoms with Crippen molar-refractivity contribution in [3.05, 3.63) is 24.3 Å². The van der Waals surface area contributed by atoms with Gasteiger partial charge in [0, 0.05) is 43.9 Å². The zero-order valence-corrected chi connectivity index (χ0v) is 48.2. The lowest BCUT2D eigenvalue weighted by molar-refractivity contribution is -0.144. The van der Waals surface area contributed by atoms with Gasteiger partial charge >= 0.3 is 24.0 Å². The smallest absolute Gasteiger partial charge is 0.409 e. The third-order valence-corrected chi connectivity index (χ3v) is 15.7. The second-order valence-electron chi connectivity index (χ2n) is 20.2. The molecule has 14 heteroatoms. The number of aliphatic hydroxyl groups is 2. The zero-order valence-electron chi connectivity index (χ0n) is 46.6. The van der Waals surface area contributed by atoms with E-state index in [0.29, 0.717) is 89.4 Å². The number of unbranched alkanes of at least 4 members (excludes halogenated alkanes) is 18. The Morgan fingerprint density at radius 3 is 1.40 bits per heavy atom. The molecule has 0 radical (unpaired) electrons. The number of nitrogens with zero attached hydrogens (tertiary/aromatic N) is 2. The van der Waals surface area contributed by atoms with Crippen LogP contribution < -0.4 is 0 Å². The fourth-order valence-corrected chi connectivity index (χ4v) is 10.4. The molecule has 1 aliphatic rings. The average molecular weight is 1070 g/mol. The average Bonchev–Trinajstić information content (AvgIpc) is 3.66. The lowest BCUT2D eigenvalue weighted by atomic mass is 10.1. The first-order valence-corrected chi connectivity index (χ1v) is 32.2. The number of amides is 1. The van der Waals surface area contributed by atoms with Crippen molar-refractivity contribution in [2.24, 2.45) is 0 Å². The van der Waals surface area contributed by atoms with Gasteiger partial charge in [-0.25, -0.2) is 4.79 Å². The standard InChI is InChI=1S/C59H108N2O10S2/c1-3-5-7-23-36-54(62)38-25-17-13-9-11-15-19-27-40-56(64)68-48-33-31-46-61(59(67)71-51-53-73-72-52-50-70-58(66)42-35-45-60-43-29-21-22-30-44-60)47-32-34-49-69-57(65)41-28-20-16-12-10-14-18-26-39-55(63)37-24-8-6-4-2/h17-18,25-26,54-55,62-63H,3-16,19-24,27-53H2,1-2H3/b25-17-,26-18-/t54-,55-/m1/s1. The third kappa shape index (κ3) is 47.9. The highest BCUT2D eigenvalue weighted by Crippen LogP contribution is 2.21. The fraction of sp³-hybridized carbons (Fsp3) is 0.864. The highest BCUT2D eigenvalue weighted by atomic mass is 33.1. The number of aliphatic hydroxyl groups excluding tert-OH is 2. The van der Waals surface area contributed by atoms with Crippen molar-refractivity contribution < 1.29 is 48.3 Å². The Morgan fingerprint density at radius 1 is 0.479 bits per heavy atom. The highest BCUT2D eigenvalue weighted by molar-refractivity contribution is 8.76. The Bertz CT molecular complexity index is 1280. The van der Waals surface area contributed by atoms with E-state index in [4.69, 9.17) is 18.9 Å². The van der Waals surface area contributed by atoms with E-state index in [1.165, 1.54) is 64.2 Å². The van der Waals surface area contributed by atoms with Crippen molar-refractivity contribution in [3.8, 4) is 0 Å². The predicted octanol–water partition coefficient (Wildman–Crippen LogP) is 14.7. The fourth-order valence-electron chi connectivity index (χ4n) is 8.78. The lowest BCUT2D eigenvalue weighted by Gasteiger charge is -2.22. The van der Waals surface area contributed by atoms with Crippen LogP contribution in [0.15, 0.2) is 24.3 Å². The van der Waals surface area contributed by atoms with Gasteiger partial charge in [0.05, 0.1) is 25.4 Å². The maximum atomic E-state index is 13.2. The van der Waals surface area contributed by atoms with Crippen molar-refractivity contribution in [2.75, 3.05) is 70.7 Å². The third-order valence-electron chi connectivity index (χ3n) is 13.3. The molecule has 0 aromatic heterocycles. The second-order valence-corrected chi connectivity index (χ2v) is 22.9. The first-order chi connectivity index (χ1) is 35.7. The van der Waals surface area contributed by atoms with Crippen LogP contribution >= 0.6 is 21.6 Å². The molecule has 2 N–H and O–H groups in total. The van der Waals surface area contributed by atoms with Crippen LogP contribution in [0.4, 0.5) is 4.79 Å². The number of hydrogen-bond acceptors (Lipinski definition) is 13. The molecule has 426 valence electrons. The highest BCUT2D eigenvalue weighted by Gasteiger charge is 2.16. The van der Waals surface area contributed by atoms with E-state index in [2.05, 4.69) is 43.1 Å². The van der Waals surface area contributed by atoms with E-state index in [1.54, 1.807) is 26.5 Å². The topological polar surface area (TPSA) is 152 Å². The summed E-state index contributed by atoms with van der Waals surface area (Å²) in [5.41, 5.74) is 0. The number of carbonyl (C=O) groups is 4. The van der Waals surface area contributed by atoms with Gasteiger partial charge in [-0.15, -0.1) is 0 Å². The SMILES string of the molecule is CCCCCC[C@@H](O)C/C=C\CCCCCCCC(=O)OCCCCN(CCCCOC(=O)CCCCCCC/C=C\C[C@H](O)CCCCCC)C(=O)OCCSSCCOC(=O)CCCN1CCCCCC1. The van der Waals surface area contributed by atoms with Gasteiger partial charge in [0.1, 0.15) is 13.2 Å². The molecular formula is C59H108N2O10S2. The molecule has 1 heterocycles. The molecule has 0 aromatic rings. The molecule has 0 saturated carbocycles. The summed E-state index contributed by atoms with van der Waals surface area (Å²) < 4.78 is 22.1. The minimum Gasteiger partial charge on any atom is -0.466 e. The van der Waals surface area contributed by atoms with Crippen LogP contribution in [0.25, 0.3) is 0 Å². The van der Waals surface area contributed by atoms with E-state index in [-0.39, 0.29) is 42.8 Å². The summed E-state index contributed by atoms with van der Waals surface area (Å²) in [6, 6.07) is 0. The molecule has 0 aliphatic carbocycles. The molecule has 1 fully saturated rings. The van der Waals surface area contributed by atoms with Crippen LogP contribution in [0.1, 0.15) is 245 Å². The molecule has 1 saturated heterocycles. The van der Waals surface area contributed by atoms with E-state index in [0.717, 1.165) is 142 Å². The Balaban J connectivity index is 2.29. The molecule has 1 amide bonds. The Morgan fingerprint density at radius 2 is 0.904 bits per heavy atom. The molecule has 1 aliphatic heterocycles. The molecule has 0 spiro atoms. The van der Waals surface area contributed by atoms with Gasteiger partial charge in [-0.05, 0) is 129 Å². The Kier molecular flexibility index (Phi) is 50.1. The predicted molar refractivity (Wildman–Crippen MR) is 305 cm³/mol. The summed E-state index contributed by atoms with van der Waals surface area (Å²) in [6.07, 6.45) is 42.9. The number of esters is 3. The van der Waals surface area contributed by atoms with Crippen molar-refractivity contribution >= 4 is 45.6 Å². The maximum absolute atomic E-state index is 13.2. The van der Waals surface area contributed by atoms with Crippen LogP contribution in [0.3, 0.4) is 0 Å². The Labute approximate surface area is 453 Å². The van der Waals surface area contributed by atoms with Gasteiger partial charge in [0.25, 0.3) is 0 Å². The monoisotopic (exact) mass is 1070 g/mol. The normalized spacial score (nSPS) is 14.1. The summed E-state index contributed by atoms with van der Waals surface area (Å²) in [7, 11) is 3.19. The number of ether oxygens (including phenoxy) is 4. The molecule has 0 bridgehead atoms. The summed E-state index contributed by atoms with van der Waals surface area (Å²) in [5, 5.41) is 20.2. The van der Waals surface area contributed by atoms with Crippen LogP contribution in [0.5, 0.6) is 0 Å². The van der Waals surface area contributed by atoms with Gasteiger partial charge in [-0.3, -0.25) is 14.4 Å². The number of carbonyl (C=O) groups excluding carboxylic acids is 4. The van der Waals surface area contributed by atoms with Crippen molar-refractivity contribution in [1.29, 1.82) is 0 Å². The van der Waals surface area contributed by atoms with Crippen LogP contribution in [0, 0.1) is 0 Å². The summed E-state index contributed by atoms with van der Waals surface area (Å²) in [5.74, 6) is 0.810. The van der Waals surface area contributed by atoms with Gasteiger partial charge < -0.3 is 39.0 Å². The minimum atomic E-state index is -0.375. The zero-order chi connectivity index (χ0) is 52.9. The van der Waals surface area contributed by atoms with Crippen LogP contribution in [-0.4, -0.2) is 127 Å². The molecule has 73 heavy (non-hydrogen) atoms. The van der Waals surface area contributed by atoms with Crippen LogP contribution in [0.2, 0.25) is 0 Å². The first kappa shape index (κ1) is 68.8. The molecule has 0 unspecified atom stereocenters. The van der Waals surface area contributed by atoms with Crippen molar-refractivity contribution in [3.63, 3.8) is 0 Å². The summed E-state index contributed by atoms with van der Waals surface area (Å²) in [4.78, 5) is 54.4. The molecule has 2 atom stereocenters. The van der Waals surface area contributed by atoms with Gasteiger partial charge in [0.15, 0.2) is 0 Å². The largest absolute Gasteiger partial charge is 0.466 e. The van der Waals surface area contributed by atoms with Gasteiger partial charge in [0.2, 0.25) is 0 Å². The second kappa shape index (κ2) is 53.2. The van der Waals surface area contributed by atoms with E-state index < -0.39 is 0 Å². The molecule has 1 rings (SSSR count). The molecule has 0 aromatic carbocycles. The van der Waals surface area contributed by atoms with E-state index >= 15 is 0 Å². The Hall–Kier alpha value is -2.26. The van der Waals surface area contributed by atoms with Crippen LogP contribution in [-0.2, 0) is 33.3 Å². The molecule has 12 nitrogen and oxygen atoms in total. The minimum absolute atomic E-state index is 0.137. The van der Waals surface area contributed by atoms with E-state index in [1.807, 2.05) is 0 Å². The van der Waals surface area contributed by atoms with Crippen molar-refractivity contribution in [1.82, 2.24) is 9.80 Å². The van der Waals surface area contributed by atoms with E-state index in [9.17, 15) is 29.4 Å². The number of allylic oxidation sites excluding steroid dienone is 2.